The van der Waals surface area contributed by atoms with Gasteiger partial charge in [-0.1, -0.05) is 58.5 Å². The zero-order valence-corrected chi connectivity index (χ0v) is 25.6. The Hall–Kier alpha value is -3.44. The molecule has 0 bridgehead atoms. The van der Waals surface area contributed by atoms with Crippen molar-refractivity contribution in [3.63, 3.8) is 0 Å². The molecule has 1 saturated carbocycles. The third-order valence-electron chi connectivity index (χ3n) is 7.38. The highest BCUT2D eigenvalue weighted by molar-refractivity contribution is 7.13. The van der Waals surface area contributed by atoms with Crippen LogP contribution in [0.4, 0.5) is 4.39 Å². The number of amides is 3. The van der Waals surface area contributed by atoms with Gasteiger partial charge in [0, 0.05) is 12.8 Å². The van der Waals surface area contributed by atoms with Crippen LogP contribution in [0, 0.1) is 12.3 Å². The minimum Gasteiger partial charge on any atom is -0.393 e. The molecule has 3 rings (SSSR count). The number of hydrogen-bond acceptors (Lipinski definition) is 7. The van der Waals surface area contributed by atoms with Crippen molar-refractivity contribution in [2.75, 3.05) is 0 Å². The molecule has 1 aliphatic rings. The van der Waals surface area contributed by atoms with Gasteiger partial charge >= 0.3 is 0 Å². The van der Waals surface area contributed by atoms with E-state index in [0.29, 0.717) is 12.0 Å². The smallest absolute Gasteiger partial charge is 0.258 e. The van der Waals surface area contributed by atoms with E-state index < -0.39 is 53.0 Å². The summed E-state index contributed by atoms with van der Waals surface area (Å²) < 4.78 is 14.4. The lowest BCUT2D eigenvalue weighted by molar-refractivity contribution is -0.137. The van der Waals surface area contributed by atoms with Crippen LogP contribution in [0.5, 0.6) is 0 Å². The van der Waals surface area contributed by atoms with Crippen LogP contribution in [0.25, 0.3) is 10.4 Å². The lowest BCUT2D eigenvalue weighted by Gasteiger charge is -2.33. The fraction of sp³-hybridized carbons (Fsp3) is 0.516. The van der Waals surface area contributed by atoms with Crippen molar-refractivity contribution in [2.24, 2.45) is 5.41 Å². The lowest BCUT2D eigenvalue weighted by Crippen LogP contribution is -2.59. The van der Waals surface area contributed by atoms with Gasteiger partial charge in [0.05, 0.1) is 28.2 Å². The van der Waals surface area contributed by atoms with Crippen molar-refractivity contribution in [3.05, 3.63) is 53.7 Å². The number of thiazole rings is 1. The highest BCUT2D eigenvalue weighted by Crippen LogP contribution is 2.40. The van der Waals surface area contributed by atoms with Crippen LogP contribution in [0.3, 0.4) is 0 Å². The lowest BCUT2D eigenvalue weighted by atomic mass is 9.85. The van der Waals surface area contributed by atoms with Gasteiger partial charge < -0.3 is 21.1 Å². The van der Waals surface area contributed by atoms with Crippen LogP contribution < -0.4 is 16.0 Å². The molecule has 3 amide bonds. The fourth-order valence-corrected chi connectivity index (χ4v) is 5.26. The summed E-state index contributed by atoms with van der Waals surface area (Å²) >= 11 is 1.51. The van der Waals surface area contributed by atoms with E-state index in [1.165, 1.54) is 17.4 Å². The Morgan fingerprint density at radius 1 is 1.12 bits per heavy atom. The molecule has 0 aliphatic heterocycles. The Labute approximate surface area is 250 Å². The maximum absolute atomic E-state index is 14.4. The van der Waals surface area contributed by atoms with E-state index in [4.69, 9.17) is 0 Å². The topological polar surface area (TPSA) is 137 Å². The van der Waals surface area contributed by atoms with Crippen molar-refractivity contribution >= 4 is 34.8 Å². The number of benzene rings is 1. The number of aryl methyl sites for hydroxylation is 1. The molecular formula is C31H41FN4O5S. The van der Waals surface area contributed by atoms with Gasteiger partial charge in [0.2, 0.25) is 11.8 Å². The number of rotatable bonds is 14. The van der Waals surface area contributed by atoms with Crippen molar-refractivity contribution in [2.45, 2.75) is 96.6 Å². The van der Waals surface area contributed by atoms with Crippen LogP contribution in [-0.4, -0.2) is 57.5 Å². The molecule has 2 aromatic rings. The van der Waals surface area contributed by atoms with Crippen molar-refractivity contribution in [3.8, 4) is 10.4 Å². The molecule has 4 atom stereocenters. The molecule has 42 heavy (non-hydrogen) atoms. The zero-order chi connectivity index (χ0) is 31.2. The first kappa shape index (κ1) is 33.1. The molecule has 1 heterocycles. The number of allylic oxidation sites excluding steroid dienone is 1. The van der Waals surface area contributed by atoms with Crippen LogP contribution in [-0.2, 0) is 19.2 Å². The van der Waals surface area contributed by atoms with E-state index in [2.05, 4.69) is 27.5 Å². The van der Waals surface area contributed by atoms with E-state index in [1.807, 2.05) is 31.2 Å². The average Bonchev–Trinajstić information content (AvgIpc) is 3.56. The number of aliphatic hydroxyl groups is 1. The molecule has 11 heteroatoms. The van der Waals surface area contributed by atoms with Gasteiger partial charge in [-0.2, -0.15) is 0 Å². The van der Waals surface area contributed by atoms with Crippen molar-refractivity contribution in [1.29, 1.82) is 0 Å². The number of ketones is 1. The number of nitrogens with zero attached hydrogens (tertiary/aromatic N) is 1. The highest BCUT2D eigenvalue weighted by Gasteiger charge is 2.52. The number of carbonyl (C=O) groups excluding carboxylic acids is 4. The maximum Gasteiger partial charge on any atom is 0.258 e. The first-order valence-corrected chi connectivity index (χ1v) is 15.0. The second-order valence-electron chi connectivity index (χ2n) is 11.9. The Bertz CT molecular complexity index is 1300. The van der Waals surface area contributed by atoms with Gasteiger partial charge in [-0.25, -0.2) is 9.37 Å². The molecule has 1 aromatic heterocycles. The maximum atomic E-state index is 14.4. The SMILES string of the molecule is C=CC(=O)C[C@@H](NC(=O)[C@H](C[C@@H](O)CC)NC(=O)[C@@H](NC(=O)C1(F)CC1)C(C)(C)C)c1ccc(-c2scnc2C)cc1. The Morgan fingerprint density at radius 2 is 1.76 bits per heavy atom. The van der Waals surface area contributed by atoms with Crippen LogP contribution in [0.15, 0.2) is 42.4 Å². The minimum absolute atomic E-state index is 0.0651. The Morgan fingerprint density at radius 3 is 2.26 bits per heavy atom. The summed E-state index contributed by atoms with van der Waals surface area (Å²) in [6.45, 7) is 12.4. The number of aliphatic hydroxyl groups excluding tert-OH is 1. The quantitative estimate of drug-likeness (QED) is 0.241. The standard InChI is InChI=1S/C31H41FN4O5S/c1-7-21(37)15-23(19-9-11-20(12-10-19)25-18(3)33-17-42-25)34-27(39)24(16-22(38)8-2)35-28(40)26(30(4,5)6)36-29(41)31(32)13-14-31/h7,9-12,17,22-24,26,38H,1,8,13-16H2,2-6H3,(H,34,39)(H,35,40)(H,36,41)/t22-,23+,24-,26+/m0/s1. The third-order valence-corrected chi connectivity index (χ3v) is 8.36. The molecule has 228 valence electrons. The molecule has 1 aliphatic carbocycles. The van der Waals surface area contributed by atoms with E-state index >= 15 is 0 Å². The first-order chi connectivity index (χ1) is 19.7. The Kier molecular flexibility index (Phi) is 10.8. The van der Waals surface area contributed by atoms with Gasteiger partial charge in [-0.05, 0) is 48.8 Å². The Balaban J connectivity index is 1.83. The van der Waals surface area contributed by atoms with E-state index in [0.717, 1.165) is 16.1 Å². The monoisotopic (exact) mass is 600 g/mol. The predicted molar refractivity (Wildman–Crippen MR) is 160 cm³/mol. The molecule has 0 unspecified atom stereocenters. The molecule has 0 saturated heterocycles. The summed E-state index contributed by atoms with van der Waals surface area (Å²) in [4.78, 5) is 57.2. The minimum atomic E-state index is -1.97. The molecule has 9 nitrogen and oxygen atoms in total. The third kappa shape index (κ3) is 8.54. The van der Waals surface area contributed by atoms with Crippen LogP contribution >= 0.6 is 11.3 Å². The normalized spacial score (nSPS) is 16.8. The fourth-order valence-electron chi connectivity index (χ4n) is 4.45. The van der Waals surface area contributed by atoms with Gasteiger partial charge in [0.25, 0.3) is 5.91 Å². The summed E-state index contributed by atoms with van der Waals surface area (Å²) in [6.07, 6.45) is 0.644. The van der Waals surface area contributed by atoms with Gasteiger partial charge in [0.15, 0.2) is 11.5 Å². The molecule has 1 fully saturated rings. The molecular weight excluding hydrogens is 559 g/mol. The van der Waals surface area contributed by atoms with Crippen molar-refractivity contribution in [1.82, 2.24) is 20.9 Å². The summed E-state index contributed by atoms with van der Waals surface area (Å²) in [5.41, 5.74) is 1.51. The highest BCUT2D eigenvalue weighted by atomic mass is 32.1. The molecule has 0 radical (unpaired) electrons. The number of alkyl halides is 1. The molecule has 1 aromatic carbocycles. The number of aromatic nitrogens is 1. The van der Waals surface area contributed by atoms with Crippen molar-refractivity contribution < 1.29 is 28.7 Å². The number of halogens is 1. The largest absolute Gasteiger partial charge is 0.393 e. The molecule has 0 spiro atoms. The molecule has 4 N–H and O–H groups in total. The number of hydrogen-bond donors (Lipinski definition) is 4. The first-order valence-electron chi connectivity index (χ1n) is 14.1. The van der Waals surface area contributed by atoms with Crippen LogP contribution in [0.1, 0.15) is 77.1 Å². The summed E-state index contributed by atoms with van der Waals surface area (Å²) in [7, 11) is 0. The van der Waals surface area contributed by atoms with E-state index in [1.54, 1.807) is 33.2 Å². The average molecular weight is 601 g/mol. The van der Waals surface area contributed by atoms with Gasteiger partial charge in [-0.15, -0.1) is 11.3 Å². The van der Waals surface area contributed by atoms with Gasteiger partial charge in [0.1, 0.15) is 12.1 Å². The summed E-state index contributed by atoms with van der Waals surface area (Å²) in [5.74, 6) is -2.42. The van der Waals surface area contributed by atoms with Crippen LogP contribution in [0.2, 0.25) is 0 Å². The van der Waals surface area contributed by atoms with E-state index in [-0.39, 0.29) is 31.5 Å². The second kappa shape index (κ2) is 13.7. The predicted octanol–water partition coefficient (Wildman–Crippen LogP) is 4.10. The number of carbonyl (C=O) groups is 4. The van der Waals surface area contributed by atoms with E-state index in [9.17, 15) is 28.7 Å². The number of nitrogens with one attached hydrogen (secondary N) is 3. The van der Waals surface area contributed by atoms with Gasteiger partial charge in [-0.3, -0.25) is 19.2 Å². The summed E-state index contributed by atoms with van der Waals surface area (Å²) in [6, 6.07) is 4.36. The zero-order valence-electron chi connectivity index (χ0n) is 24.8. The second-order valence-corrected chi connectivity index (χ2v) is 12.8. The summed E-state index contributed by atoms with van der Waals surface area (Å²) in [5, 5.41) is 18.4.